The molecule has 250 valence electrons. The third-order valence-electron chi connectivity index (χ3n) is 7.18. The Morgan fingerprint density at radius 1 is 0.804 bits per heavy atom. The molecule has 2 aromatic rings. The van der Waals surface area contributed by atoms with Gasteiger partial charge in [-0.25, -0.2) is 9.59 Å². The van der Waals surface area contributed by atoms with Crippen LogP contribution < -0.4 is 10.6 Å². The average Bonchev–Trinajstić information content (AvgIpc) is 2.98. The molecule has 0 radical (unpaired) electrons. The second-order valence-corrected chi connectivity index (χ2v) is 13.9. The summed E-state index contributed by atoms with van der Waals surface area (Å²) in [5.74, 6) is -1.52. The molecule has 0 heterocycles. The average molecular weight is 649 g/mol. The number of carboxylic acids is 1. The van der Waals surface area contributed by atoms with E-state index < -0.39 is 41.6 Å². The van der Waals surface area contributed by atoms with E-state index in [-0.39, 0.29) is 5.75 Å². The molecule has 7 nitrogen and oxygen atoms in total. The summed E-state index contributed by atoms with van der Waals surface area (Å²) in [4.78, 5) is 39.1. The lowest BCUT2D eigenvalue weighted by Gasteiger charge is -2.30. The van der Waals surface area contributed by atoms with Gasteiger partial charge in [-0.15, -0.1) is 0 Å². The first-order chi connectivity index (χ1) is 21.8. The molecule has 0 aliphatic heterocycles. The monoisotopic (exact) mass is 648 g/mol. The summed E-state index contributed by atoms with van der Waals surface area (Å²) in [6.07, 6.45) is 9.95. The number of carbonyl (C=O) groups is 3. The number of aliphatic carboxylic acids is 1. The number of nitrogens with one attached hydrogen (secondary N) is 2. The van der Waals surface area contributed by atoms with Crippen molar-refractivity contribution >= 4 is 29.7 Å². The van der Waals surface area contributed by atoms with Crippen molar-refractivity contribution < 1.29 is 24.2 Å². The summed E-state index contributed by atoms with van der Waals surface area (Å²) < 4.78 is 5.50. The minimum atomic E-state index is -1.15. The van der Waals surface area contributed by atoms with Crippen molar-refractivity contribution in [2.24, 2.45) is 0 Å². The molecule has 2 aromatic carbocycles. The number of amides is 2. The molecule has 2 unspecified atom stereocenters. The zero-order valence-electron chi connectivity index (χ0n) is 28.5. The van der Waals surface area contributed by atoms with E-state index in [1.807, 2.05) is 60.7 Å². The third kappa shape index (κ3) is 15.0. The van der Waals surface area contributed by atoms with Crippen LogP contribution in [0.2, 0.25) is 0 Å². The molecule has 46 heavy (non-hydrogen) atoms. The zero-order valence-corrected chi connectivity index (χ0v) is 29.3. The number of hydrogen-bond acceptors (Lipinski definition) is 5. The number of carbonyl (C=O) groups excluding carboxylic acids is 2. The van der Waals surface area contributed by atoms with Crippen molar-refractivity contribution in [2.45, 2.75) is 97.8 Å². The lowest BCUT2D eigenvalue weighted by atomic mass is 9.84. The van der Waals surface area contributed by atoms with Crippen molar-refractivity contribution in [1.29, 1.82) is 0 Å². The van der Waals surface area contributed by atoms with Gasteiger partial charge in [0.2, 0.25) is 5.91 Å². The molecule has 2 atom stereocenters. The Bertz CT molecular complexity index is 1300. The van der Waals surface area contributed by atoms with Crippen LogP contribution in [-0.4, -0.2) is 52.3 Å². The van der Waals surface area contributed by atoms with Crippen molar-refractivity contribution in [1.82, 2.24) is 10.6 Å². The second-order valence-electron chi connectivity index (χ2n) is 12.8. The Hall–Kier alpha value is -3.78. The van der Waals surface area contributed by atoms with Gasteiger partial charge in [-0.1, -0.05) is 95.6 Å². The van der Waals surface area contributed by atoms with E-state index in [1.54, 1.807) is 20.8 Å². The lowest BCUT2D eigenvalue weighted by Crippen LogP contribution is -2.55. The van der Waals surface area contributed by atoms with Gasteiger partial charge in [0.05, 0.1) is 0 Å². The first kappa shape index (κ1) is 38.4. The highest BCUT2D eigenvalue weighted by molar-refractivity contribution is 7.99. The fourth-order valence-corrected chi connectivity index (χ4v) is 5.80. The highest BCUT2D eigenvalue weighted by atomic mass is 32.2. The second kappa shape index (κ2) is 19.7. The van der Waals surface area contributed by atoms with Gasteiger partial charge in [0.1, 0.15) is 17.7 Å². The van der Waals surface area contributed by atoms with Gasteiger partial charge in [-0.2, -0.15) is 11.8 Å². The fraction of sp³-hybridized carbons (Fsp3) is 0.447. The van der Waals surface area contributed by atoms with E-state index in [0.29, 0.717) is 5.75 Å². The molecule has 2 amide bonds. The molecule has 2 rings (SSSR count). The minimum Gasteiger partial charge on any atom is -0.480 e. The summed E-state index contributed by atoms with van der Waals surface area (Å²) in [5.41, 5.74) is 4.78. The molecule has 0 fully saturated rings. The number of carboxylic acid groups (broad SMARTS) is 1. The maximum Gasteiger partial charge on any atom is 0.408 e. The zero-order chi connectivity index (χ0) is 34.1. The molecule has 0 saturated carbocycles. The number of ether oxygens (including phenoxy) is 1. The van der Waals surface area contributed by atoms with Crippen LogP contribution in [0.1, 0.15) is 91.2 Å². The number of benzene rings is 2. The van der Waals surface area contributed by atoms with Crippen LogP contribution in [0, 0.1) is 0 Å². The Morgan fingerprint density at radius 3 is 1.83 bits per heavy atom. The molecule has 8 heteroatoms. The maximum atomic E-state index is 13.9. The van der Waals surface area contributed by atoms with Gasteiger partial charge in [0.15, 0.2) is 0 Å². The molecule has 0 saturated heterocycles. The number of thioether (sulfide) groups is 1. The number of rotatable bonds is 17. The normalized spacial score (nSPS) is 13.5. The van der Waals surface area contributed by atoms with Gasteiger partial charge in [-0.3, -0.25) is 4.79 Å². The van der Waals surface area contributed by atoms with E-state index in [2.05, 4.69) is 56.6 Å². The van der Waals surface area contributed by atoms with Crippen LogP contribution in [0.3, 0.4) is 0 Å². The molecule has 0 bridgehead atoms. The van der Waals surface area contributed by atoms with Crippen molar-refractivity contribution in [3.8, 4) is 0 Å². The van der Waals surface area contributed by atoms with Crippen molar-refractivity contribution in [2.75, 3.05) is 11.5 Å². The summed E-state index contributed by atoms with van der Waals surface area (Å²) in [7, 11) is 0. The number of alkyl carbamates (subject to hydrolysis) is 1. The Kier molecular flexibility index (Phi) is 16.4. The van der Waals surface area contributed by atoms with E-state index >= 15 is 0 Å². The Morgan fingerprint density at radius 2 is 1.33 bits per heavy atom. The number of hydrogen-bond donors (Lipinski definition) is 3. The van der Waals surface area contributed by atoms with Crippen LogP contribution in [0.15, 0.2) is 95.6 Å². The summed E-state index contributed by atoms with van der Waals surface area (Å²) in [6.45, 7) is 13.7. The van der Waals surface area contributed by atoms with Crippen molar-refractivity contribution in [3.05, 3.63) is 107 Å². The predicted molar refractivity (Wildman–Crippen MR) is 190 cm³/mol. The topological polar surface area (TPSA) is 105 Å². The van der Waals surface area contributed by atoms with Crippen molar-refractivity contribution in [3.63, 3.8) is 0 Å². The van der Waals surface area contributed by atoms with Gasteiger partial charge in [0, 0.05) is 17.4 Å². The standard InChI is InChI=1S/C38H52N2O5S/c1-27(2)16-14-17-28(3)18-15-19-29(4)24-25-46-26-32(36(42)43)39-35(41)34(40-37(44)45-38(5,6)7)33(30-20-10-8-11-21-30)31-22-12-9-13-23-31/h8-13,16,18,20-24,32-34H,14-15,17,19,25-26H2,1-7H3,(H,39,41)(H,40,44)(H,42,43). The van der Waals surface area contributed by atoms with Crippen LogP contribution >= 0.6 is 11.8 Å². The molecular weight excluding hydrogens is 596 g/mol. The molecule has 0 aliphatic carbocycles. The van der Waals surface area contributed by atoms with E-state index in [9.17, 15) is 19.5 Å². The quantitative estimate of drug-likeness (QED) is 0.117. The van der Waals surface area contributed by atoms with Gasteiger partial charge in [-0.05, 0) is 85.3 Å². The SMILES string of the molecule is CC(C)=CCCC(C)=CCCC(C)=CCSCC(NC(=O)C(NC(=O)OC(C)(C)C)C(c1ccccc1)c1ccccc1)C(=O)O. The first-order valence-electron chi connectivity index (χ1n) is 15.9. The molecule has 0 spiro atoms. The predicted octanol–water partition coefficient (Wildman–Crippen LogP) is 8.43. The number of allylic oxidation sites excluding steroid dienone is 5. The van der Waals surface area contributed by atoms with E-state index in [1.165, 1.54) is 28.5 Å². The van der Waals surface area contributed by atoms with E-state index in [0.717, 1.165) is 36.8 Å². The minimum absolute atomic E-state index is 0.175. The van der Waals surface area contributed by atoms with Crippen LogP contribution in [-0.2, 0) is 14.3 Å². The van der Waals surface area contributed by atoms with Gasteiger partial charge < -0.3 is 20.5 Å². The Labute approximate surface area is 280 Å². The first-order valence-corrected chi connectivity index (χ1v) is 17.1. The molecule has 0 aromatic heterocycles. The summed E-state index contributed by atoms with van der Waals surface area (Å²) >= 11 is 1.44. The highest BCUT2D eigenvalue weighted by Crippen LogP contribution is 2.29. The smallest absolute Gasteiger partial charge is 0.408 e. The van der Waals surface area contributed by atoms with E-state index in [4.69, 9.17) is 4.74 Å². The molecule has 3 N–H and O–H groups in total. The van der Waals surface area contributed by atoms with Crippen LogP contribution in [0.4, 0.5) is 4.79 Å². The highest BCUT2D eigenvalue weighted by Gasteiger charge is 2.35. The summed E-state index contributed by atoms with van der Waals surface area (Å²) in [6, 6.07) is 16.5. The van der Waals surface area contributed by atoms with Crippen LogP contribution in [0.5, 0.6) is 0 Å². The third-order valence-corrected chi connectivity index (χ3v) is 8.15. The van der Waals surface area contributed by atoms with Crippen LogP contribution in [0.25, 0.3) is 0 Å². The lowest BCUT2D eigenvalue weighted by molar-refractivity contribution is -0.141. The Balaban J connectivity index is 2.14. The maximum absolute atomic E-state index is 13.9. The van der Waals surface area contributed by atoms with Gasteiger partial charge >= 0.3 is 12.1 Å². The largest absolute Gasteiger partial charge is 0.480 e. The summed E-state index contributed by atoms with van der Waals surface area (Å²) in [5, 5.41) is 15.5. The fourth-order valence-electron chi connectivity index (χ4n) is 4.80. The van der Waals surface area contributed by atoms with Gasteiger partial charge in [0.25, 0.3) is 0 Å². The molecular formula is C38H52N2O5S. The molecule has 0 aliphatic rings.